The standard InChI is InChI=1S/C21H22BrN3O3/c1-28-19-5-3-2-4-18(19)24-8-10-25(11-9-24)20(21(26)27)16-13-23-17-7-6-14(22)12-15(16)17/h2-7,12-13,20,23H,8-11H2,1H3,(H,26,27)/t20-/m0/s1. The quantitative estimate of drug-likeness (QED) is 0.625. The van der Waals surface area contributed by atoms with Gasteiger partial charge < -0.3 is 19.7 Å². The van der Waals surface area contributed by atoms with Gasteiger partial charge in [0.15, 0.2) is 0 Å². The van der Waals surface area contributed by atoms with Crippen LogP contribution in [0.1, 0.15) is 11.6 Å². The first-order valence-electron chi connectivity index (χ1n) is 9.20. The molecular weight excluding hydrogens is 422 g/mol. The lowest BCUT2D eigenvalue weighted by Gasteiger charge is -2.39. The van der Waals surface area contributed by atoms with E-state index in [0.29, 0.717) is 13.1 Å². The molecule has 1 aliphatic rings. The predicted octanol–water partition coefficient (Wildman–Crippen LogP) is 3.89. The molecule has 4 rings (SSSR count). The van der Waals surface area contributed by atoms with E-state index < -0.39 is 12.0 Å². The van der Waals surface area contributed by atoms with Crippen molar-refractivity contribution < 1.29 is 14.6 Å². The van der Waals surface area contributed by atoms with Crippen LogP contribution in [-0.4, -0.2) is 54.2 Å². The lowest BCUT2D eigenvalue weighted by atomic mass is 10.0. The summed E-state index contributed by atoms with van der Waals surface area (Å²) < 4.78 is 6.41. The van der Waals surface area contributed by atoms with Crippen molar-refractivity contribution in [3.05, 3.63) is 58.7 Å². The topological polar surface area (TPSA) is 68.8 Å². The Labute approximate surface area is 171 Å². The van der Waals surface area contributed by atoms with Gasteiger partial charge in [0.1, 0.15) is 11.8 Å². The maximum absolute atomic E-state index is 12.2. The average molecular weight is 444 g/mol. The number of hydrogen-bond acceptors (Lipinski definition) is 4. The summed E-state index contributed by atoms with van der Waals surface area (Å²) in [4.78, 5) is 19.7. The summed E-state index contributed by atoms with van der Waals surface area (Å²) in [6.45, 7) is 2.82. The van der Waals surface area contributed by atoms with Crippen molar-refractivity contribution in [3.8, 4) is 5.75 Å². The molecular formula is C21H22BrN3O3. The zero-order valence-corrected chi connectivity index (χ0v) is 17.1. The van der Waals surface area contributed by atoms with Crippen molar-refractivity contribution in [2.24, 2.45) is 0 Å². The van der Waals surface area contributed by atoms with Crippen LogP contribution in [0.2, 0.25) is 0 Å². The van der Waals surface area contributed by atoms with E-state index in [1.807, 2.05) is 53.6 Å². The normalized spacial score (nSPS) is 16.3. The first-order chi connectivity index (χ1) is 13.6. The van der Waals surface area contributed by atoms with Crippen molar-refractivity contribution >= 4 is 38.5 Å². The van der Waals surface area contributed by atoms with Crippen LogP contribution < -0.4 is 9.64 Å². The molecule has 0 spiro atoms. The second-order valence-electron chi connectivity index (χ2n) is 6.87. The van der Waals surface area contributed by atoms with Gasteiger partial charge in [0.2, 0.25) is 0 Å². The Balaban J connectivity index is 1.57. The summed E-state index contributed by atoms with van der Waals surface area (Å²) in [6, 6.07) is 13.1. The number of aliphatic carboxylic acids is 1. The van der Waals surface area contributed by atoms with Crippen LogP contribution in [0.3, 0.4) is 0 Å². The molecule has 2 N–H and O–H groups in total. The molecule has 0 unspecified atom stereocenters. The number of anilines is 1. The Hall–Kier alpha value is -2.51. The number of nitrogens with one attached hydrogen (secondary N) is 1. The lowest BCUT2D eigenvalue weighted by molar-refractivity contribution is -0.143. The van der Waals surface area contributed by atoms with E-state index in [1.165, 1.54) is 0 Å². The van der Waals surface area contributed by atoms with Crippen LogP contribution in [0, 0.1) is 0 Å². The van der Waals surface area contributed by atoms with Crippen molar-refractivity contribution in [3.63, 3.8) is 0 Å². The first kappa shape index (κ1) is 18.8. The molecule has 28 heavy (non-hydrogen) atoms. The molecule has 2 aromatic carbocycles. The second-order valence-corrected chi connectivity index (χ2v) is 7.79. The zero-order valence-electron chi connectivity index (χ0n) is 15.6. The highest BCUT2D eigenvalue weighted by Crippen LogP contribution is 2.33. The summed E-state index contributed by atoms with van der Waals surface area (Å²) in [5.74, 6) is 0.0128. The van der Waals surface area contributed by atoms with Gasteiger partial charge in [-0.3, -0.25) is 9.69 Å². The van der Waals surface area contributed by atoms with E-state index in [0.717, 1.165) is 45.5 Å². The van der Waals surface area contributed by atoms with Gasteiger partial charge in [0.25, 0.3) is 0 Å². The molecule has 0 saturated carbocycles. The number of fused-ring (bicyclic) bond motifs is 1. The van der Waals surface area contributed by atoms with Gasteiger partial charge in [-0.15, -0.1) is 0 Å². The van der Waals surface area contributed by atoms with E-state index in [1.54, 1.807) is 7.11 Å². The number of nitrogens with zero attached hydrogens (tertiary/aromatic N) is 2. The van der Waals surface area contributed by atoms with Crippen LogP contribution >= 0.6 is 15.9 Å². The third-order valence-electron chi connectivity index (χ3n) is 5.31. The predicted molar refractivity (Wildman–Crippen MR) is 113 cm³/mol. The Morgan fingerprint density at radius 3 is 2.64 bits per heavy atom. The molecule has 7 heteroatoms. The number of methoxy groups -OCH3 is 1. The maximum Gasteiger partial charge on any atom is 0.325 e. The minimum atomic E-state index is -0.827. The third-order valence-corrected chi connectivity index (χ3v) is 5.80. The van der Waals surface area contributed by atoms with Crippen molar-refractivity contribution in [2.45, 2.75) is 6.04 Å². The maximum atomic E-state index is 12.2. The fourth-order valence-corrected chi connectivity index (χ4v) is 4.30. The minimum Gasteiger partial charge on any atom is -0.495 e. The fraction of sp³-hybridized carbons (Fsp3) is 0.286. The third kappa shape index (κ3) is 3.47. The number of carbonyl (C=O) groups is 1. The smallest absolute Gasteiger partial charge is 0.325 e. The number of carboxylic acid groups (broad SMARTS) is 1. The molecule has 1 atom stereocenters. The van der Waals surface area contributed by atoms with Gasteiger partial charge in [-0.2, -0.15) is 0 Å². The Morgan fingerprint density at radius 1 is 1.18 bits per heavy atom. The highest BCUT2D eigenvalue weighted by atomic mass is 79.9. The molecule has 1 saturated heterocycles. The van der Waals surface area contributed by atoms with Gasteiger partial charge in [0.05, 0.1) is 12.8 Å². The van der Waals surface area contributed by atoms with Crippen LogP contribution in [0.4, 0.5) is 5.69 Å². The second kappa shape index (κ2) is 7.85. The van der Waals surface area contributed by atoms with Crippen LogP contribution in [-0.2, 0) is 4.79 Å². The molecule has 2 heterocycles. The first-order valence-corrected chi connectivity index (χ1v) is 9.99. The largest absolute Gasteiger partial charge is 0.495 e. The fourth-order valence-electron chi connectivity index (χ4n) is 3.94. The van der Waals surface area contributed by atoms with Crippen molar-refractivity contribution in [1.29, 1.82) is 0 Å². The molecule has 1 aliphatic heterocycles. The van der Waals surface area contributed by atoms with E-state index >= 15 is 0 Å². The summed E-state index contributed by atoms with van der Waals surface area (Å²) >= 11 is 3.49. The molecule has 0 radical (unpaired) electrons. The minimum absolute atomic E-state index is 0.662. The monoisotopic (exact) mass is 443 g/mol. The summed E-state index contributed by atoms with van der Waals surface area (Å²) in [5.41, 5.74) is 2.79. The number of rotatable bonds is 5. The van der Waals surface area contributed by atoms with Crippen LogP contribution in [0.15, 0.2) is 53.1 Å². The number of carboxylic acids is 1. The zero-order chi connectivity index (χ0) is 19.7. The number of benzene rings is 2. The summed E-state index contributed by atoms with van der Waals surface area (Å²) in [5, 5.41) is 10.9. The molecule has 0 bridgehead atoms. The summed E-state index contributed by atoms with van der Waals surface area (Å²) in [7, 11) is 1.67. The van der Waals surface area contributed by atoms with E-state index in [-0.39, 0.29) is 0 Å². The van der Waals surface area contributed by atoms with E-state index in [4.69, 9.17) is 4.74 Å². The van der Waals surface area contributed by atoms with Gasteiger partial charge in [0, 0.05) is 53.3 Å². The number of halogens is 1. The van der Waals surface area contributed by atoms with Gasteiger partial charge in [-0.25, -0.2) is 0 Å². The number of para-hydroxylation sites is 2. The molecule has 1 aromatic heterocycles. The molecule has 1 fully saturated rings. The molecule has 0 aliphatic carbocycles. The van der Waals surface area contributed by atoms with E-state index in [2.05, 4.69) is 25.8 Å². The molecule has 146 valence electrons. The molecule has 0 amide bonds. The van der Waals surface area contributed by atoms with Crippen LogP contribution in [0.5, 0.6) is 5.75 Å². The Morgan fingerprint density at radius 2 is 1.93 bits per heavy atom. The highest BCUT2D eigenvalue weighted by Gasteiger charge is 2.32. The average Bonchev–Trinajstić information content (AvgIpc) is 3.11. The van der Waals surface area contributed by atoms with E-state index in [9.17, 15) is 9.90 Å². The summed E-state index contributed by atoms with van der Waals surface area (Å²) in [6.07, 6.45) is 1.82. The number of ether oxygens (including phenoxy) is 1. The number of piperazine rings is 1. The van der Waals surface area contributed by atoms with Crippen LogP contribution in [0.25, 0.3) is 10.9 Å². The highest BCUT2D eigenvalue weighted by molar-refractivity contribution is 9.10. The number of hydrogen-bond donors (Lipinski definition) is 2. The Bertz CT molecular complexity index is 995. The number of H-pyrrole nitrogens is 1. The van der Waals surface area contributed by atoms with Gasteiger partial charge in [-0.05, 0) is 30.3 Å². The SMILES string of the molecule is COc1ccccc1N1CCN([C@H](C(=O)O)c2c[nH]c3ccc(Br)cc23)CC1. The molecule has 3 aromatic rings. The van der Waals surface area contributed by atoms with Crippen molar-refractivity contribution in [2.75, 3.05) is 38.2 Å². The Kier molecular flexibility index (Phi) is 5.28. The van der Waals surface area contributed by atoms with Gasteiger partial charge >= 0.3 is 5.97 Å². The number of aromatic amines is 1. The lowest BCUT2D eigenvalue weighted by Crippen LogP contribution is -2.49. The van der Waals surface area contributed by atoms with Gasteiger partial charge in [-0.1, -0.05) is 28.1 Å². The molecule has 6 nitrogen and oxygen atoms in total. The van der Waals surface area contributed by atoms with Crippen molar-refractivity contribution in [1.82, 2.24) is 9.88 Å². The number of aromatic nitrogens is 1.